The molecule has 0 aliphatic carbocycles. The van der Waals surface area contributed by atoms with Gasteiger partial charge in [-0.2, -0.15) is 9.61 Å². The Morgan fingerprint density at radius 3 is 2.65 bits per heavy atom. The molecule has 0 fully saturated rings. The smallest absolute Gasteiger partial charge is 0.265 e. The molecule has 9 nitrogen and oxygen atoms in total. The molecule has 0 saturated heterocycles. The van der Waals surface area contributed by atoms with Gasteiger partial charge in [0.1, 0.15) is 22.7 Å². The van der Waals surface area contributed by atoms with Crippen molar-refractivity contribution >= 4 is 21.4 Å². The van der Waals surface area contributed by atoms with Crippen molar-refractivity contribution in [1.29, 1.82) is 0 Å². The summed E-state index contributed by atoms with van der Waals surface area (Å²) >= 11 is 0. The SMILES string of the molecule is CCOc1ccc(OCC)c(S(=O)(=O)Nc2cccc(-c3ccc4nncn4n3)c2)c1. The van der Waals surface area contributed by atoms with Gasteiger partial charge in [-0.3, -0.25) is 4.72 Å². The summed E-state index contributed by atoms with van der Waals surface area (Å²) in [5.74, 6) is 0.709. The number of anilines is 1. The molecule has 0 atom stereocenters. The first-order valence-electron chi connectivity index (χ1n) is 9.70. The average Bonchev–Trinajstić information content (AvgIpc) is 3.23. The van der Waals surface area contributed by atoms with Crippen LogP contribution in [-0.4, -0.2) is 41.4 Å². The minimum absolute atomic E-state index is 0.00902. The second-order valence-corrected chi connectivity index (χ2v) is 8.16. The quantitative estimate of drug-likeness (QED) is 0.448. The lowest BCUT2D eigenvalue weighted by Gasteiger charge is -2.14. The molecule has 2 aromatic heterocycles. The molecule has 1 N–H and O–H groups in total. The van der Waals surface area contributed by atoms with Gasteiger partial charge in [0.05, 0.1) is 18.9 Å². The Morgan fingerprint density at radius 2 is 1.84 bits per heavy atom. The van der Waals surface area contributed by atoms with Crippen LogP contribution in [0.15, 0.2) is 65.8 Å². The highest BCUT2D eigenvalue weighted by molar-refractivity contribution is 7.92. The van der Waals surface area contributed by atoms with Gasteiger partial charge in [-0.1, -0.05) is 12.1 Å². The van der Waals surface area contributed by atoms with Crippen molar-refractivity contribution in [2.75, 3.05) is 17.9 Å². The molecule has 160 valence electrons. The summed E-state index contributed by atoms with van der Waals surface area (Å²) in [6, 6.07) is 15.3. The van der Waals surface area contributed by atoms with Gasteiger partial charge in [0, 0.05) is 17.3 Å². The van der Waals surface area contributed by atoms with Gasteiger partial charge >= 0.3 is 0 Å². The zero-order chi connectivity index (χ0) is 21.8. The lowest BCUT2D eigenvalue weighted by Crippen LogP contribution is -2.15. The summed E-state index contributed by atoms with van der Waals surface area (Å²) in [4.78, 5) is 0.00902. The third-order valence-corrected chi connectivity index (χ3v) is 5.79. The van der Waals surface area contributed by atoms with E-state index in [-0.39, 0.29) is 10.6 Å². The summed E-state index contributed by atoms with van der Waals surface area (Å²) < 4.78 is 41.5. The number of hydrogen-bond donors (Lipinski definition) is 1. The maximum Gasteiger partial charge on any atom is 0.265 e. The van der Waals surface area contributed by atoms with Crippen LogP contribution in [0.5, 0.6) is 11.5 Å². The Kier molecular flexibility index (Phi) is 5.72. The predicted molar refractivity (Wildman–Crippen MR) is 116 cm³/mol. The minimum Gasteiger partial charge on any atom is -0.494 e. The van der Waals surface area contributed by atoms with Crippen molar-refractivity contribution < 1.29 is 17.9 Å². The van der Waals surface area contributed by atoms with Crippen molar-refractivity contribution in [3.63, 3.8) is 0 Å². The third kappa shape index (κ3) is 4.43. The number of nitrogens with zero attached hydrogens (tertiary/aromatic N) is 4. The Balaban J connectivity index is 1.67. The van der Waals surface area contributed by atoms with E-state index in [9.17, 15) is 8.42 Å². The molecule has 0 aliphatic rings. The fourth-order valence-electron chi connectivity index (χ4n) is 3.06. The van der Waals surface area contributed by atoms with Crippen LogP contribution in [0, 0.1) is 0 Å². The van der Waals surface area contributed by atoms with E-state index < -0.39 is 10.0 Å². The first kappa shape index (κ1) is 20.6. The normalized spacial score (nSPS) is 11.4. The molecule has 10 heteroatoms. The van der Waals surface area contributed by atoms with E-state index in [4.69, 9.17) is 9.47 Å². The van der Waals surface area contributed by atoms with Crippen LogP contribution in [0.1, 0.15) is 13.8 Å². The Labute approximate surface area is 179 Å². The number of nitrogens with one attached hydrogen (secondary N) is 1. The topological polar surface area (TPSA) is 108 Å². The van der Waals surface area contributed by atoms with E-state index in [0.717, 1.165) is 5.56 Å². The van der Waals surface area contributed by atoms with Crippen LogP contribution in [0.2, 0.25) is 0 Å². The summed E-state index contributed by atoms with van der Waals surface area (Å²) in [7, 11) is -3.93. The lowest BCUT2D eigenvalue weighted by molar-refractivity contribution is 0.322. The Bertz CT molecular complexity index is 1320. The van der Waals surface area contributed by atoms with Crippen molar-refractivity contribution in [2.24, 2.45) is 0 Å². The molecule has 2 heterocycles. The number of aromatic nitrogens is 4. The number of sulfonamides is 1. The van der Waals surface area contributed by atoms with Crippen LogP contribution in [-0.2, 0) is 10.0 Å². The van der Waals surface area contributed by atoms with E-state index in [1.807, 2.05) is 13.0 Å². The van der Waals surface area contributed by atoms with E-state index >= 15 is 0 Å². The monoisotopic (exact) mass is 439 g/mol. The highest BCUT2D eigenvalue weighted by Gasteiger charge is 2.21. The first-order valence-corrected chi connectivity index (χ1v) is 11.2. The molecule has 0 amide bonds. The number of rotatable bonds is 8. The maximum absolute atomic E-state index is 13.2. The van der Waals surface area contributed by atoms with Crippen molar-refractivity contribution in [3.8, 4) is 22.8 Å². The third-order valence-electron chi connectivity index (χ3n) is 4.39. The number of ether oxygens (including phenoxy) is 2. The first-order chi connectivity index (χ1) is 15.0. The number of hydrogen-bond acceptors (Lipinski definition) is 7. The summed E-state index contributed by atoms with van der Waals surface area (Å²) in [5, 5.41) is 12.2. The van der Waals surface area contributed by atoms with Gasteiger partial charge in [0.15, 0.2) is 5.65 Å². The fourth-order valence-corrected chi connectivity index (χ4v) is 4.27. The van der Waals surface area contributed by atoms with Crippen LogP contribution < -0.4 is 14.2 Å². The van der Waals surface area contributed by atoms with Crippen molar-refractivity contribution in [2.45, 2.75) is 18.7 Å². The van der Waals surface area contributed by atoms with Gasteiger partial charge in [-0.15, -0.1) is 10.2 Å². The summed E-state index contributed by atoms with van der Waals surface area (Å²) in [6.07, 6.45) is 1.51. The fraction of sp³-hybridized carbons (Fsp3) is 0.190. The van der Waals surface area contributed by atoms with Crippen LogP contribution in [0.3, 0.4) is 0 Å². The molecule has 0 bridgehead atoms. The highest BCUT2D eigenvalue weighted by atomic mass is 32.2. The van der Waals surface area contributed by atoms with E-state index in [0.29, 0.717) is 36.0 Å². The molecule has 0 aliphatic heterocycles. The summed E-state index contributed by atoms with van der Waals surface area (Å²) in [6.45, 7) is 4.39. The average molecular weight is 439 g/mol. The van der Waals surface area contributed by atoms with Crippen LogP contribution in [0.25, 0.3) is 16.9 Å². The largest absolute Gasteiger partial charge is 0.494 e. The van der Waals surface area contributed by atoms with Crippen LogP contribution >= 0.6 is 0 Å². The molecule has 0 spiro atoms. The summed E-state index contributed by atoms with van der Waals surface area (Å²) in [5.41, 5.74) is 2.41. The highest BCUT2D eigenvalue weighted by Crippen LogP contribution is 2.31. The van der Waals surface area contributed by atoms with Crippen molar-refractivity contribution in [3.05, 3.63) is 60.9 Å². The molecular weight excluding hydrogens is 418 g/mol. The Morgan fingerprint density at radius 1 is 1.00 bits per heavy atom. The molecular formula is C21H21N5O4S. The van der Waals surface area contributed by atoms with E-state index in [2.05, 4.69) is 20.0 Å². The van der Waals surface area contributed by atoms with Gasteiger partial charge in [-0.05, 0) is 50.2 Å². The van der Waals surface area contributed by atoms with Gasteiger partial charge in [0.25, 0.3) is 10.0 Å². The molecule has 31 heavy (non-hydrogen) atoms. The number of fused-ring (bicyclic) bond motifs is 1. The second-order valence-electron chi connectivity index (χ2n) is 6.51. The van der Waals surface area contributed by atoms with Crippen LogP contribution in [0.4, 0.5) is 5.69 Å². The second kappa shape index (κ2) is 8.60. The predicted octanol–water partition coefficient (Wildman–Crippen LogP) is 3.39. The number of benzene rings is 2. The van der Waals surface area contributed by atoms with Gasteiger partial charge in [-0.25, -0.2) is 8.42 Å². The zero-order valence-corrected chi connectivity index (χ0v) is 17.8. The van der Waals surface area contributed by atoms with E-state index in [1.54, 1.807) is 53.9 Å². The molecule has 2 aromatic carbocycles. The van der Waals surface area contributed by atoms with Crippen molar-refractivity contribution in [1.82, 2.24) is 19.8 Å². The van der Waals surface area contributed by atoms with Gasteiger partial charge in [0.2, 0.25) is 0 Å². The molecule has 0 radical (unpaired) electrons. The molecule has 0 saturated carbocycles. The Hall–Kier alpha value is -3.66. The van der Waals surface area contributed by atoms with E-state index in [1.165, 1.54) is 12.4 Å². The zero-order valence-electron chi connectivity index (χ0n) is 17.0. The molecule has 4 aromatic rings. The standard InChI is InChI=1S/C21H21N5O4S/c1-3-29-17-8-10-19(30-4-2)20(13-17)31(27,28)25-16-7-5-6-15(12-16)18-9-11-21-23-22-14-26(21)24-18/h5-14,25H,3-4H2,1-2H3. The minimum atomic E-state index is -3.93. The lowest BCUT2D eigenvalue weighted by atomic mass is 10.1. The maximum atomic E-state index is 13.2. The molecule has 0 unspecified atom stereocenters. The molecule has 4 rings (SSSR count). The van der Waals surface area contributed by atoms with Gasteiger partial charge < -0.3 is 9.47 Å².